The van der Waals surface area contributed by atoms with Gasteiger partial charge in [-0.15, -0.1) is 5.10 Å². The zero-order chi connectivity index (χ0) is 25.7. The predicted octanol–water partition coefficient (Wildman–Crippen LogP) is 2.14. The monoisotopic (exact) mass is 495 g/mol. The minimum atomic E-state index is -0.685. The Labute approximate surface area is 210 Å². The zero-order valence-electron chi connectivity index (χ0n) is 19.8. The van der Waals surface area contributed by atoms with Crippen LogP contribution in [0.5, 0.6) is 0 Å². The van der Waals surface area contributed by atoms with Crippen molar-refractivity contribution in [3.63, 3.8) is 0 Å². The molecule has 1 fully saturated rings. The molecule has 4 amide bonds. The number of carbonyl (C=O) groups excluding carboxylic acids is 4. The fourth-order valence-corrected chi connectivity index (χ4v) is 4.78. The molecule has 11 heteroatoms. The third kappa shape index (κ3) is 3.90. The number of imide groups is 1. The number of rotatable bonds is 4. The Balaban J connectivity index is 1.22. The van der Waals surface area contributed by atoms with E-state index in [0.717, 1.165) is 16.5 Å². The van der Waals surface area contributed by atoms with Gasteiger partial charge in [0.1, 0.15) is 6.04 Å². The SMILES string of the molecule is Cc1ccc2cccnc2c1NC(=O)c1cn(-c2ccc3c(c2)CN(C2CCC(=O)NC2=O)C3=O)nn1. The van der Waals surface area contributed by atoms with Crippen LogP contribution in [0.4, 0.5) is 5.69 Å². The van der Waals surface area contributed by atoms with Crippen molar-refractivity contribution in [3.8, 4) is 5.69 Å². The average Bonchev–Trinajstić information content (AvgIpc) is 3.51. The van der Waals surface area contributed by atoms with Gasteiger partial charge >= 0.3 is 0 Å². The summed E-state index contributed by atoms with van der Waals surface area (Å²) < 4.78 is 1.46. The van der Waals surface area contributed by atoms with Gasteiger partial charge in [0, 0.05) is 30.1 Å². The van der Waals surface area contributed by atoms with Crippen LogP contribution in [-0.4, -0.2) is 54.5 Å². The van der Waals surface area contributed by atoms with Crippen molar-refractivity contribution in [1.82, 2.24) is 30.2 Å². The first kappa shape index (κ1) is 22.5. The van der Waals surface area contributed by atoms with E-state index in [-0.39, 0.29) is 30.5 Å². The van der Waals surface area contributed by atoms with E-state index < -0.39 is 17.9 Å². The maximum atomic E-state index is 13.0. The summed E-state index contributed by atoms with van der Waals surface area (Å²) >= 11 is 0. The highest BCUT2D eigenvalue weighted by Gasteiger charge is 2.39. The molecule has 0 bridgehead atoms. The number of aryl methyl sites for hydroxylation is 1. The van der Waals surface area contributed by atoms with Crippen LogP contribution in [0.2, 0.25) is 0 Å². The summed E-state index contributed by atoms with van der Waals surface area (Å²) in [5.74, 6) is -1.46. The van der Waals surface area contributed by atoms with Crippen LogP contribution in [0.3, 0.4) is 0 Å². The molecule has 4 heterocycles. The summed E-state index contributed by atoms with van der Waals surface area (Å²) in [6.45, 7) is 2.13. The lowest BCUT2D eigenvalue weighted by Gasteiger charge is -2.29. The molecule has 37 heavy (non-hydrogen) atoms. The molecule has 2 aliphatic heterocycles. The van der Waals surface area contributed by atoms with Crippen LogP contribution in [0.1, 0.15) is 44.8 Å². The van der Waals surface area contributed by atoms with Crippen molar-refractivity contribution in [3.05, 3.63) is 77.2 Å². The van der Waals surface area contributed by atoms with E-state index in [1.165, 1.54) is 15.8 Å². The van der Waals surface area contributed by atoms with Gasteiger partial charge < -0.3 is 10.2 Å². The number of hydrogen-bond acceptors (Lipinski definition) is 7. The number of fused-ring (bicyclic) bond motifs is 2. The summed E-state index contributed by atoms with van der Waals surface area (Å²) in [6, 6.07) is 12.1. The number of carbonyl (C=O) groups is 4. The molecular formula is C26H21N7O4. The maximum absolute atomic E-state index is 13.0. The van der Waals surface area contributed by atoms with E-state index in [2.05, 4.69) is 25.9 Å². The van der Waals surface area contributed by atoms with E-state index in [1.54, 1.807) is 24.4 Å². The molecule has 0 saturated carbocycles. The summed E-state index contributed by atoms with van der Waals surface area (Å²) in [5, 5.41) is 14.2. The van der Waals surface area contributed by atoms with Crippen LogP contribution >= 0.6 is 0 Å². The Morgan fingerprint density at radius 2 is 2.00 bits per heavy atom. The first-order valence-corrected chi connectivity index (χ1v) is 11.7. The molecule has 1 saturated heterocycles. The molecule has 4 aromatic rings. The Morgan fingerprint density at radius 3 is 2.84 bits per heavy atom. The van der Waals surface area contributed by atoms with E-state index >= 15 is 0 Å². The van der Waals surface area contributed by atoms with Gasteiger partial charge in [-0.2, -0.15) is 0 Å². The molecule has 184 valence electrons. The number of aromatic nitrogens is 4. The third-order valence-electron chi connectivity index (χ3n) is 6.72. The topological polar surface area (TPSA) is 139 Å². The molecule has 6 rings (SSSR count). The molecule has 0 spiro atoms. The van der Waals surface area contributed by atoms with Gasteiger partial charge in [0.25, 0.3) is 11.8 Å². The molecule has 11 nitrogen and oxygen atoms in total. The number of benzene rings is 2. The zero-order valence-corrected chi connectivity index (χ0v) is 19.8. The standard InChI is InChI=1S/C26H21N7O4/c1-14-4-5-15-3-2-10-27-23(15)22(14)29-24(35)19-13-33(31-30-19)17-6-7-18-16(11-17)12-32(26(18)37)20-8-9-21(34)28-25(20)36/h2-7,10-11,13,20H,8-9,12H2,1H3,(H,29,35)(H,28,34,36). The van der Waals surface area contributed by atoms with Gasteiger partial charge in [0.15, 0.2) is 5.69 Å². The Bertz CT molecular complexity index is 1630. The van der Waals surface area contributed by atoms with Crippen LogP contribution in [0.15, 0.2) is 54.9 Å². The minimum Gasteiger partial charge on any atom is -0.322 e. The lowest BCUT2D eigenvalue weighted by molar-refractivity contribution is -0.136. The van der Waals surface area contributed by atoms with Gasteiger partial charge in [0.2, 0.25) is 11.8 Å². The molecule has 0 radical (unpaired) electrons. The third-order valence-corrected chi connectivity index (χ3v) is 6.72. The maximum Gasteiger partial charge on any atom is 0.277 e. The predicted molar refractivity (Wildman–Crippen MR) is 132 cm³/mol. The van der Waals surface area contributed by atoms with Gasteiger partial charge in [-0.25, -0.2) is 4.68 Å². The van der Waals surface area contributed by atoms with E-state index in [4.69, 9.17) is 0 Å². The minimum absolute atomic E-state index is 0.120. The molecule has 1 atom stereocenters. The first-order valence-electron chi connectivity index (χ1n) is 11.7. The summed E-state index contributed by atoms with van der Waals surface area (Å²) in [7, 11) is 0. The molecule has 0 aliphatic carbocycles. The highest BCUT2D eigenvalue weighted by molar-refractivity contribution is 6.08. The fourth-order valence-electron chi connectivity index (χ4n) is 4.78. The molecule has 2 aromatic heterocycles. The highest BCUT2D eigenvalue weighted by Crippen LogP contribution is 2.29. The number of nitrogens with one attached hydrogen (secondary N) is 2. The highest BCUT2D eigenvalue weighted by atomic mass is 16.2. The average molecular weight is 495 g/mol. The van der Waals surface area contributed by atoms with E-state index in [9.17, 15) is 19.2 Å². The molecule has 2 N–H and O–H groups in total. The lowest BCUT2D eigenvalue weighted by Crippen LogP contribution is -2.52. The fraction of sp³-hybridized carbons (Fsp3) is 0.192. The van der Waals surface area contributed by atoms with Crippen LogP contribution < -0.4 is 10.6 Å². The second-order valence-electron chi connectivity index (χ2n) is 9.08. The van der Waals surface area contributed by atoms with Crippen LogP contribution in [0.25, 0.3) is 16.6 Å². The van der Waals surface area contributed by atoms with Crippen molar-refractivity contribution in [2.45, 2.75) is 32.4 Å². The molecule has 1 unspecified atom stereocenters. The van der Waals surface area contributed by atoms with E-state index in [0.29, 0.717) is 28.9 Å². The van der Waals surface area contributed by atoms with Crippen molar-refractivity contribution in [2.75, 3.05) is 5.32 Å². The Kier molecular flexibility index (Phi) is 5.25. The molecule has 2 aromatic carbocycles. The molecule has 2 aliphatic rings. The van der Waals surface area contributed by atoms with Gasteiger partial charge in [-0.05, 0) is 48.7 Å². The van der Waals surface area contributed by atoms with Crippen LogP contribution in [0, 0.1) is 6.92 Å². The summed E-state index contributed by atoms with van der Waals surface area (Å²) in [6.07, 6.45) is 3.68. The lowest BCUT2D eigenvalue weighted by atomic mass is 10.0. The largest absolute Gasteiger partial charge is 0.322 e. The van der Waals surface area contributed by atoms with Crippen molar-refractivity contribution < 1.29 is 19.2 Å². The number of hydrogen-bond donors (Lipinski definition) is 2. The van der Waals surface area contributed by atoms with Gasteiger partial charge in [-0.1, -0.05) is 23.4 Å². The Hall–Kier alpha value is -4.93. The Morgan fingerprint density at radius 1 is 1.14 bits per heavy atom. The van der Waals surface area contributed by atoms with Crippen LogP contribution in [-0.2, 0) is 16.1 Å². The van der Waals surface area contributed by atoms with Gasteiger partial charge in [0.05, 0.1) is 23.1 Å². The second kappa shape index (κ2) is 8.63. The van der Waals surface area contributed by atoms with Crippen molar-refractivity contribution >= 4 is 40.2 Å². The number of anilines is 1. The number of piperidine rings is 1. The first-order chi connectivity index (χ1) is 17.9. The normalized spacial score (nSPS) is 17.2. The second-order valence-corrected chi connectivity index (χ2v) is 9.08. The number of nitrogens with zero attached hydrogens (tertiary/aromatic N) is 5. The smallest absolute Gasteiger partial charge is 0.277 e. The number of amides is 4. The quantitative estimate of drug-likeness (QED) is 0.414. The van der Waals surface area contributed by atoms with Crippen molar-refractivity contribution in [1.29, 1.82) is 0 Å². The summed E-state index contributed by atoms with van der Waals surface area (Å²) in [5.41, 5.74) is 4.13. The van der Waals surface area contributed by atoms with Crippen molar-refractivity contribution in [2.24, 2.45) is 0 Å². The molecular weight excluding hydrogens is 474 g/mol. The summed E-state index contributed by atoms with van der Waals surface area (Å²) in [4.78, 5) is 55.6. The van der Waals surface area contributed by atoms with E-state index in [1.807, 2.05) is 31.2 Å². The number of pyridine rings is 1. The van der Waals surface area contributed by atoms with Gasteiger partial charge in [-0.3, -0.25) is 29.5 Å².